The Balaban J connectivity index is 1.64. The molecule has 8 heteroatoms. The summed E-state index contributed by atoms with van der Waals surface area (Å²) >= 11 is 6.17. The van der Waals surface area contributed by atoms with Gasteiger partial charge >= 0.3 is 0 Å². The summed E-state index contributed by atoms with van der Waals surface area (Å²) < 4.78 is 5.48. The number of aromatic amines is 1. The van der Waals surface area contributed by atoms with Crippen molar-refractivity contribution in [2.75, 3.05) is 31.6 Å². The summed E-state index contributed by atoms with van der Waals surface area (Å²) in [5.74, 6) is 1.65. The Labute approximate surface area is 158 Å². The summed E-state index contributed by atoms with van der Waals surface area (Å²) in [5, 5.41) is 14.4. The average Bonchev–Trinajstić information content (AvgIpc) is 3.32. The number of ether oxygens (including phenoxy) is 1. The summed E-state index contributed by atoms with van der Waals surface area (Å²) in [7, 11) is 1.68. The molecule has 0 radical (unpaired) electrons. The van der Waals surface area contributed by atoms with Crippen LogP contribution in [0.25, 0.3) is 0 Å². The number of nitrogens with one attached hydrogen (secondary N) is 3. The monoisotopic (exact) mass is 376 g/mol. The molecule has 0 spiro atoms. The smallest absolute Gasteiger partial charge is 0.191 e. The fourth-order valence-corrected chi connectivity index (χ4v) is 3.22. The number of nitrogens with zero attached hydrogens (tertiary/aromatic N) is 3. The van der Waals surface area contributed by atoms with Gasteiger partial charge in [-0.1, -0.05) is 11.6 Å². The molecule has 1 aromatic carbocycles. The predicted molar refractivity (Wildman–Crippen MR) is 105 cm³/mol. The summed E-state index contributed by atoms with van der Waals surface area (Å²) in [5.41, 5.74) is 2.02. The maximum Gasteiger partial charge on any atom is 0.191 e. The highest BCUT2D eigenvalue weighted by atomic mass is 35.5. The van der Waals surface area contributed by atoms with Crippen LogP contribution in [0.3, 0.4) is 0 Å². The van der Waals surface area contributed by atoms with Gasteiger partial charge in [0.15, 0.2) is 5.96 Å². The van der Waals surface area contributed by atoms with Crippen LogP contribution in [0.15, 0.2) is 35.5 Å². The minimum absolute atomic E-state index is 0.304. The van der Waals surface area contributed by atoms with E-state index >= 15 is 0 Å². The zero-order valence-electron chi connectivity index (χ0n) is 15.1. The Morgan fingerprint density at radius 2 is 2.35 bits per heavy atom. The number of anilines is 1. The number of halogens is 1. The van der Waals surface area contributed by atoms with Gasteiger partial charge in [0.25, 0.3) is 0 Å². The van der Waals surface area contributed by atoms with Gasteiger partial charge in [0.2, 0.25) is 0 Å². The van der Waals surface area contributed by atoms with Gasteiger partial charge in [0.1, 0.15) is 5.75 Å². The fourth-order valence-electron chi connectivity index (χ4n) is 3.06. The summed E-state index contributed by atoms with van der Waals surface area (Å²) in [4.78, 5) is 6.92. The highest BCUT2D eigenvalue weighted by Crippen LogP contribution is 2.33. The van der Waals surface area contributed by atoms with Crippen LogP contribution in [0.4, 0.5) is 5.69 Å². The van der Waals surface area contributed by atoms with Gasteiger partial charge in [-0.2, -0.15) is 5.10 Å². The molecule has 3 N–H and O–H groups in total. The number of aliphatic imine (C=N–C) groups is 1. The van der Waals surface area contributed by atoms with Crippen LogP contribution in [-0.4, -0.2) is 48.9 Å². The Hall–Kier alpha value is -2.41. The van der Waals surface area contributed by atoms with E-state index in [9.17, 15) is 0 Å². The van der Waals surface area contributed by atoms with Crippen LogP contribution >= 0.6 is 11.6 Å². The minimum atomic E-state index is 0.304. The van der Waals surface area contributed by atoms with Crippen molar-refractivity contribution >= 4 is 23.2 Å². The van der Waals surface area contributed by atoms with Gasteiger partial charge in [-0.05, 0) is 37.6 Å². The van der Waals surface area contributed by atoms with Crippen molar-refractivity contribution < 1.29 is 4.74 Å². The molecule has 0 aliphatic carbocycles. The predicted octanol–water partition coefficient (Wildman–Crippen LogP) is 2.41. The summed E-state index contributed by atoms with van der Waals surface area (Å²) in [6.07, 6.45) is 2.75. The van der Waals surface area contributed by atoms with E-state index in [0.29, 0.717) is 17.6 Å². The first kappa shape index (κ1) is 18.4. The first-order chi connectivity index (χ1) is 12.7. The Kier molecular flexibility index (Phi) is 6.22. The minimum Gasteiger partial charge on any atom is -0.495 e. The maximum absolute atomic E-state index is 6.17. The number of rotatable bonds is 6. The van der Waals surface area contributed by atoms with Gasteiger partial charge in [-0.25, -0.2) is 4.99 Å². The van der Waals surface area contributed by atoms with Crippen LogP contribution in [0.5, 0.6) is 5.75 Å². The third-order valence-corrected chi connectivity index (χ3v) is 4.56. The molecule has 1 aliphatic heterocycles. The first-order valence-corrected chi connectivity index (χ1v) is 9.19. The van der Waals surface area contributed by atoms with E-state index in [1.165, 1.54) is 0 Å². The molecule has 0 bridgehead atoms. The molecule has 7 nitrogen and oxygen atoms in total. The zero-order chi connectivity index (χ0) is 18.4. The summed E-state index contributed by atoms with van der Waals surface area (Å²) in [6, 6.07) is 7.95. The fraction of sp³-hybridized carbons (Fsp3) is 0.444. The van der Waals surface area contributed by atoms with E-state index in [4.69, 9.17) is 16.3 Å². The SMILES string of the molecule is CCNC(=NCc1ccn[nH]1)NC1CCN(c2cc(Cl)ccc2OC)C1. The number of H-pyrrole nitrogens is 1. The van der Waals surface area contributed by atoms with E-state index in [0.717, 1.165) is 49.1 Å². The number of guanidine groups is 1. The first-order valence-electron chi connectivity index (χ1n) is 8.81. The second kappa shape index (κ2) is 8.80. The van der Waals surface area contributed by atoms with Crippen molar-refractivity contribution in [2.24, 2.45) is 4.99 Å². The van der Waals surface area contributed by atoms with E-state index in [1.807, 2.05) is 24.3 Å². The van der Waals surface area contributed by atoms with Crippen LogP contribution in [0, 0.1) is 0 Å². The number of aromatic nitrogens is 2. The molecule has 26 heavy (non-hydrogen) atoms. The molecule has 3 rings (SSSR count). The van der Waals surface area contributed by atoms with E-state index in [2.05, 4.69) is 37.6 Å². The van der Waals surface area contributed by atoms with Gasteiger partial charge in [-0.3, -0.25) is 5.10 Å². The lowest BCUT2D eigenvalue weighted by molar-refractivity contribution is 0.415. The Morgan fingerprint density at radius 1 is 1.46 bits per heavy atom. The normalized spacial score (nSPS) is 17.4. The van der Waals surface area contributed by atoms with Crippen LogP contribution in [-0.2, 0) is 6.54 Å². The standard InChI is InChI=1S/C18H25ClN6O/c1-3-20-18(21-11-14-6-8-22-24-14)23-15-7-9-25(12-15)16-10-13(19)4-5-17(16)26-2/h4-6,8,10,15H,3,7,9,11-12H2,1-2H3,(H,22,24)(H2,20,21,23). The third kappa shape index (κ3) is 4.60. The second-order valence-corrected chi connectivity index (χ2v) is 6.61. The van der Waals surface area contributed by atoms with Crippen molar-refractivity contribution in [1.29, 1.82) is 0 Å². The largest absolute Gasteiger partial charge is 0.495 e. The zero-order valence-corrected chi connectivity index (χ0v) is 15.9. The van der Waals surface area contributed by atoms with Gasteiger partial charge in [-0.15, -0.1) is 0 Å². The summed E-state index contributed by atoms with van der Waals surface area (Å²) in [6.45, 7) is 5.24. The molecule has 1 aliphatic rings. The average molecular weight is 377 g/mol. The van der Waals surface area contributed by atoms with E-state index in [1.54, 1.807) is 13.3 Å². The van der Waals surface area contributed by atoms with Crippen molar-refractivity contribution in [2.45, 2.75) is 25.9 Å². The molecule has 0 amide bonds. The molecule has 1 fully saturated rings. The number of hydrogen-bond acceptors (Lipinski definition) is 4. The molecular weight excluding hydrogens is 352 g/mol. The molecule has 2 heterocycles. The van der Waals surface area contributed by atoms with Crippen LogP contribution < -0.4 is 20.3 Å². The lowest BCUT2D eigenvalue weighted by Gasteiger charge is -2.22. The van der Waals surface area contributed by atoms with Crippen LogP contribution in [0.1, 0.15) is 19.0 Å². The van der Waals surface area contributed by atoms with Crippen LogP contribution in [0.2, 0.25) is 5.02 Å². The molecule has 2 aromatic rings. The lowest BCUT2D eigenvalue weighted by Crippen LogP contribution is -2.44. The van der Waals surface area contributed by atoms with Crippen molar-refractivity contribution in [3.63, 3.8) is 0 Å². The number of benzene rings is 1. The van der Waals surface area contributed by atoms with E-state index in [-0.39, 0.29) is 0 Å². The third-order valence-electron chi connectivity index (χ3n) is 4.32. The highest BCUT2D eigenvalue weighted by molar-refractivity contribution is 6.30. The molecule has 1 atom stereocenters. The molecule has 1 aromatic heterocycles. The van der Waals surface area contributed by atoms with Gasteiger partial charge in [0.05, 0.1) is 25.0 Å². The molecule has 140 valence electrons. The Bertz CT molecular complexity index is 733. The number of methoxy groups -OCH3 is 1. The van der Waals surface area contributed by atoms with Crippen molar-refractivity contribution in [3.05, 3.63) is 41.2 Å². The molecular formula is C18H25ClN6O. The Morgan fingerprint density at radius 3 is 3.08 bits per heavy atom. The topological polar surface area (TPSA) is 77.6 Å². The molecule has 1 unspecified atom stereocenters. The van der Waals surface area contributed by atoms with Gasteiger partial charge in [0, 0.05) is 36.9 Å². The number of hydrogen-bond donors (Lipinski definition) is 3. The van der Waals surface area contributed by atoms with Gasteiger partial charge < -0.3 is 20.3 Å². The maximum atomic E-state index is 6.17. The second-order valence-electron chi connectivity index (χ2n) is 6.17. The molecule has 0 saturated carbocycles. The van der Waals surface area contributed by atoms with Crippen molar-refractivity contribution in [1.82, 2.24) is 20.8 Å². The highest BCUT2D eigenvalue weighted by Gasteiger charge is 2.25. The molecule has 1 saturated heterocycles. The van der Waals surface area contributed by atoms with Crippen molar-refractivity contribution in [3.8, 4) is 5.75 Å². The lowest BCUT2D eigenvalue weighted by atomic mass is 10.2. The quantitative estimate of drug-likeness (QED) is 0.533. The van der Waals surface area contributed by atoms with E-state index < -0.39 is 0 Å².